The van der Waals surface area contributed by atoms with Crippen molar-refractivity contribution in [2.75, 3.05) is 0 Å². The number of carbonyl (C=O) groups is 1. The molecule has 6 heteroatoms. The molecular weight excluding hydrogens is 312 g/mol. The maximum absolute atomic E-state index is 12.2. The number of aromatic nitrogens is 3. The van der Waals surface area contributed by atoms with E-state index >= 15 is 0 Å². The number of benzene rings is 2. The zero-order valence-corrected chi connectivity index (χ0v) is 13.2. The van der Waals surface area contributed by atoms with Gasteiger partial charge < -0.3 is 5.32 Å². The summed E-state index contributed by atoms with van der Waals surface area (Å²) in [6.45, 7) is 1.94. The monoisotopic (exact) mass is 326 g/mol. The second-order valence-corrected chi connectivity index (χ2v) is 5.57. The molecule has 1 amide bonds. The quantitative estimate of drug-likeness (QED) is 0.799. The third-order valence-corrected chi connectivity index (χ3v) is 3.75. The molecule has 0 aliphatic heterocycles. The smallest absolute Gasteiger partial charge is 0.251 e. The Balaban J connectivity index is 1.70. The van der Waals surface area contributed by atoms with Crippen LogP contribution in [0.4, 0.5) is 0 Å². The van der Waals surface area contributed by atoms with Crippen molar-refractivity contribution < 1.29 is 4.79 Å². The predicted octanol–water partition coefficient (Wildman–Crippen LogP) is 3.41. The maximum Gasteiger partial charge on any atom is 0.251 e. The lowest BCUT2D eigenvalue weighted by atomic mass is 10.1. The Hall–Kier alpha value is -2.66. The standard InChI is InChI=1S/C17H15ClN4O/c1-12(21-17(23)14-3-2-4-15(18)9-14)13-5-7-16(8-6-13)22-11-19-10-20-22/h2-12H,1H3,(H,21,23)/t12-/m0/s1. The Bertz CT molecular complexity index is 800. The van der Waals surface area contributed by atoms with E-state index in [1.807, 2.05) is 31.2 Å². The highest BCUT2D eigenvalue weighted by Crippen LogP contribution is 2.17. The van der Waals surface area contributed by atoms with Crippen LogP contribution >= 0.6 is 11.6 Å². The Morgan fingerprint density at radius 3 is 2.65 bits per heavy atom. The second kappa shape index (κ2) is 6.62. The maximum atomic E-state index is 12.2. The van der Waals surface area contributed by atoms with Gasteiger partial charge in [0.1, 0.15) is 12.7 Å². The zero-order chi connectivity index (χ0) is 16.2. The lowest BCUT2D eigenvalue weighted by molar-refractivity contribution is 0.0940. The van der Waals surface area contributed by atoms with E-state index in [9.17, 15) is 4.79 Å². The van der Waals surface area contributed by atoms with Crippen LogP contribution in [0, 0.1) is 0 Å². The molecule has 0 radical (unpaired) electrons. The Morgan fingerprint density at radius 1 is 1.22 bits per heavy atom. The molecular formula is C17H15ClN4O. The first kappa shape index (κ1) is 15.2. The van der Waals surface area contributed by atoms with Crippen LogP contribution in [0.1, 0.15) is 28.9 Å². The fraction of sp³-hybridized carbons (Fsp3) is 0.118. The first-order valence-corrected chi connectivity index (χ1v) is 7.52. The molecule has 0 bridgehead atoms. The van der Waals surface area contributed by atoms with Gasteiger partial charge in [-0.15, -0.1) is 0 Å². The Morgan fingerprint density at radius 2 is 2.00 bits per heavy atom. The van der Waals surface area contributed by atoms with Gasteiger partial charge in [-0.3, -0.25) is 4.79 Å². The Kier molecular flexibility index (Phi) is 4.39. The minimum atomic E-state index is -0.152. The number of hydrogen-bond donors (Lipinski definition) is 1. The van der Waals surface area contributed by atoms with Gasteiger partial charge in [-0.05, 0) is 42.8 Å². The van der Waals surface area contributed by atoms with Gasteiger partial charge in [0.2, 0.25) is 0 Å². The number of amides is 1. The largest absolute Gasteiger partial charge is 0.346 e. The van der Waals surface area contributed by atoms with E-state index in [0.717, 1.165) is 11.3 Å². The molecule has 3 aromatic rings. The topological polar surface area (TPSA) is 59.8 Å². The number of carbonyl (C=O) groups excluding carboxylic acids is 1. The first-order chi connectivity index (χ1) is 11.1. The van der Waals surface area contributed by atoms with Crippen molar-refractivity contribution in [3.05, 3.63) is 77.3 Å². The van der Waals surface area contributed by atoms with Crippen LogP contribution < -0.4 is 5.32 Å². The van der Waals surface area contributed by atoms with E-state index in [4.69, 9.17) is 11.6 Å². The summed E-state index contributed by atoms with van der Waals surface area (Å²) < 4.78 is 1.68. The van der Waals surface area contributed by atoms with E-state index in [2.05, 4.69) is 15.4 Å². The van der Waals surface area contributed by atoms with Crippen molar-refractivity contribution in [2.45, 2.75) is 13.0 Å². The van der Waals surface area contributed by atoms with Gasteiger partial charge in [-0.1, -0.05) is 29.8 Å². The van der Waals surface area contributed by atoms with Gasteiger partial charge in [0, 0.05) is 10.6 Å². The summed E-state index contributed by atoms with van der Waals surface area (Å²) in [5, 5.41) is 7.59. The summed E-state index contributed by atoms with van der Waals surface area (Å²) in [6, 6.07) is 14.6. The number of nitrogens with zero attached hydrogens (tertiary/aromatic N) is 3. The fourth-order valence-corrected chi connectivity index (χ4v) is 2.44. The molecule has 0 saturated carbocycles. The molecule has 116 valence electrons. The van der Waals surface area contributed by atoms with Crippen LogP contribution in [0.2, 0.25) is 5.02 Å². The van der Waals surface area contributed by atoms with Gasteiger partial charge in [0.15, 0.2) is 0 Å². The molecule has 1 N–H and O–H groups in total. The van der Waals surface area contributed by atoms with Gasteiger partial charge >= 0.3 is 0 Å². The van der Waals surface area contributed by atoms with E-state index in [-0.39, 0.29) is 11.9 Å². The molecule has 23 heavy (non-hydrogen) atoms. The number of halogens is 1. The van der Waals surface area contributed by atoms with Crippen LogP contribution in [-0.4, -0.2) is 20.7 Å². The molecule has 0 fully saturated rings. The molecule has 0 spiro atoms. The average molecular weight is 327 g/mol. The minimum absolute atomic E-state index is 0.119. The molecule has 5 nitrogen and oxygen atoms in total. The fourth-order valence-electron chi connectivity index (χ4n) is 2.25. The van der Waals surface area contributed by atoms with Crippen molar-refractivity contribution >= 4 is 17.5 Å². The third kappa shape index (κ3) is 3.57. The van der Waals surface area contributed by atoms with Crippen LogP contribution in [0.3, 0.4) is 0 Å². The highest BCUT2D eigenvalue weighted by molar-refractivity contribution is 6.30. The summed E-state index contributed by atoms with van der Waals surface area (Å²) in [5.74, 6) is -0.152. The van der Waals surface area contributed by atoms with E-state index in [1.165, 1.54) is 6.33 Å². The summed E-state index contributed by atoms with van der Waals surface area (Å²) >= 11 is 5.92. The SMILES string of the molecule is C[C@H](NC(=O)c1cccc(Cl)c1)c1ccc(-n2cncn2)cc1. The van der Waals surface area contributed by atoms with Crippen molar-refractivity contribution in [1.29, 1.82) is 0 Å². The lowest BCUT2D eigenvalue weighted by Crippen LogP contribution is -2.26. The highest BCUT2D eigenvalue weighted by atomic mass is 35.5. The van der Waals surface area contributed by atoms with Crippen molar-refractivity contribution in [1.82, 2.24) is 20.1 Å². The van der Waals surface area contributed by atoms with E-state index in [0.29, 0.717) is 10.6 Å². The summed E-state index contributed by atoms with van der Waals surface area (Å²) in [6.07, 6.45) is 3.13. The summed E-state index contributed by atoms with van der Waals surface area (Å²) in [7, 11) is 0. The number of rotatable bonds is 4. The van der Waals surface area contributed by atoms with Gasteiger partial charge in [0.25, 0.3) is 5.91 Å². The van der Waals surface area contributed by atoms with Crippen LogP contribution in [0.25, 0.3) is 5.69 Å². The van der Waals surface area contributed by atoms with Crippen LogP contribution in [0.5, 0.6) is 0 Å². The van der Waals surface area contributed by atoms with E-state index < -0.39 is 0 Å². The van der Waals surface area contributed by atoms with Crippen molar-refractivity contribution in [3.63, 3.8) is 0 Å². The molecule has 1 aromatic heterocycles. The van der Waals surface area contributed by atoms with Crippen LogP contribution in [-0.2, 0) is 0 Å². The molecule has 0 aliphatic rings. The average Bonchev–Trinajstić information content (AvgIpc) is 3.09. The number of hydrogen-bond acceptors (Lipinski definition) is 3. The molecule has 0 saturated heterocycles. The molecule has 1 atom stereocenters. The Labute approximate surface area is 138 Å². The lowest BCUT2D eigenvalue weighted by Gasteiger charge is -2.15. The van der Waals surface area contributed by atoms with Crippen molar-refractivity contribution in [2.24, 2.45) is 0 Å². The molecule has 3 rings (SSSR count). The van der Waals surface area contributed by atoms with Gasteiger partial charge in [-0.2, -0.15) is 5.10 Å². The summed E-state index contributed by atoms with van der Waals surface area (Å²) in [5.41, 5.74) is 2.47. The molecule has 0 aliphatic carbocycles. The van der Waals surface area contributed by atoms with Gasteiger partial charge in [0.05, 0.1) is 11.7 Å². The highest BCUT2D eigenvalue weighted by Gasteiger charge is 2.12. The predicted molar refractivity (Wildman–Crippen MR) is 88.7 cm³/mol. The van der Waals surface area contributed by atoms with Crippen LogP contribution in [0.15, 0.2) is 61.2 Å². The first-order valence-electron chi connectivity index (χ1n) is 7.15. The van der Waals surface area contributed by atoms with Crippen molar-refractivity contribution in [3.8, 4) is 5.69 Å². The van der Waals surface area contributed by atoms with E-state index in [1.54, 1.807) is 35.3 Å². The molecule has 2 aromatic carbocycles. The molecule has 0 unspecified atom stereocenters. The minimum Gasteiger partial charge on any atom is -0.346 e. The normalized spacial score (nSPS) is 11.9. The summed E-state index contributed by atoms with van der Waals surface area (Å²) in [4.78, 5) is 16.2. The third-order valence-electron chi connectivity index (χ3n) is 3.51. The van der Waals surface area contributed by atoms with Gasteiger partial charge in [-0.25, -0.2) is 9.67 Å². The zero-order valence-electron chi connectivity index (χ0n) is 12.5. The number of nitrogens with one attached hydrogen (secondary N) is 1. The molecule has 1 heterocycles. The second-order valence-electron chi connectivity index (χ2n) is 5.14.